The maximum atomic E-state index is 5.89. The van der Waals surface area contributed by atoms with Crippen LogP contribution < -0.4 is 5.73 Å². The summed E-state index contributed by atoms with van der Waals surface area (Å²) in [6.07, 6.45) is 0. The maximum absolute atomic E-state index is 5.89. The van der Waals surface area contributed by atoms with Gasteiger partial charge in [0, 0.05) is 28.6 Å². The Balaban J connectivity index is 0.00000180. The second-order valence-electron chi connectivity index (χ2n) is 4.17. The van der Waals surface area contributed by atoms with Crippen LogP contribution in [0.25, 0.3) is 0 Å². The molecule has 0 aliphatic heterocycles. The van der Waals surface area contributed by atoms with Gasteiger partial charge < -0.3 is 5.73 Å². The van der Waals surface area contributed by atoms with Gasteiger partial charge >= 0.3 is 0 Å². The Morgan fingerprint density at radius 2 is 1.21 bits per heavy atom. The zero-order valence-corrected chi connectivity index (χ0v) is 13.3. The van der Waals surface area contributed by atoms with Crippen molar-refractivity contribution in [3.05, 3.63) is 71.8 Å². The van der Waals surface area contributed by atoms with E-state index in [1.54, 1.807) is 0 Å². The van der Waals surface area contributed by atoms with Crippen molar-refractivity contribution in [3.8, 4) is 0 Å². The van der Waals surface area contributed by atoms with Gasteiger partial charge in [-0.25, -0.2) is 0 Å². The van der Waals surface area contributed by atoms with Crippen LogP contribution in [0.5, 0.6) is 0 Å². The van der Waals surface area contributed by atoms with Crippen molar-refractivity contribution in [1.29, 1.82) is 0 Å². The second kappa shape index (κ2) is 8.39. The number of rotatable bonds is 4. The predicted molar refractivity (Wildman–Crippen MR) is 86.1 cm³/mol. The largest absolute Gasteiger partial charge is 0.386 e. The SMILES string of the molecule is NC(=S)[SH](Cc1ccccc1)Cc1ccccc1.[Fe]. The summed E-state index contributed by atoms with van der Waals surface area (Å²) in [7, 11) is -0.463. The molecular weight excluding hydrogens is 314 g/mol. The number of hydrogen-bond acceptors (Lipinski definition) is 1. The monoisotopic (exact) mass is 331 g/mol. The molecule has 0 atom stereocenters. The molecule has 19 heavy (non-hydrogen) atoms. The minimum Gasteiger partial charge on any atom is -0.386 e. The van der Waals surface area contributed by atoms with Gasteiger partial charge in [-0.05, 0) is 11.1 Å². The molecule has 0 fully saturated rings. The van der Waals surface area contributed by atoms with E-state index >= 15 is 0 Å². The van der Waals surface area contributed by atoms with Gasteiger partial charge in [-0.1, -0.05) is 72.9 Å². The van der Waals surface area contributed by atoms with Crippen molar-refractivity contribution >= 4 is 27.4 Å². The second-order valence-corrected chi connectivity index (χ2v) is 7.10. The fourth-order valence-electron chi connectivity index (χ4n) is 1.82. The molecule has 0 spiro atoms. The maximum Gasteiger partial charge on any atom is 0.111 e. The molecule has 0 aliphatic carbocycles. The van der Waals surface area contributed by atoms with Crippen LogP contribution in [0.4, 0.5) is 0 Å². The number of hydrogen-bond donors (Lipinski definition) is 2. The molecule has 0 heterocycles. The molecule has 0 aliphatic rings. The Bertz CT molecular complexity index is 461. The molecule has 1 nitrogen and oxygen atoms in total. The first-order valence-electron chi connectivity index (χ1n) is 5.88. The van der Waals surface area contributed by atoms with Gasteiger partial charge in [0.15, 0.2) is 0 Å². The quantitative estimate of drug-likeness (QED) is 0.508. The van der Waals surface area contributed by atoms with Crippen molar-refractivity contribution < 1.29 is 17.1 Å². The van der Waals surface area contributed by atoms with Gasteiger partial charge in [0.2, 0.25) is 0 Å². The van der Waals surface area contributed by atoms with Gasteiger partial charge in [-0.2, -0.15) is 10.9 Å². The van der Waals surface area contributed by atoms with E-state index in [1.807, 2.05) is 12.1 Å². The van der Waals surface area contributed by atoms with E-state index in [1.165, 1.54) is 11.1 Å². The molecule has 2 N–H and O–H groups in total. The van der Waals surface area contributed by atoms with Crippen LogP contribution in [0.1, 0.15) is 11.1 Å². The predicted octanol–water partition coefficient (Wildman–Crippen LogP) is 3.63. The average Bonchev–Trinajstić information content (AvgIpc) is 2.40. The van der Waals surface area contributed by atoms with Crippen LogP contribution in [0.2, 0.25) is 0 Å². The Kier molecular flexibility index (Phi) is 7.17. The first kappa shape index (κ1) is 16.3. The molecule has 2 aromatic carbocycles. The molecule has 0 unspecified atom stereocenters. The minimum absolute atomic E-state index is 0. The van der Waals surface area contributed by atoms with Gasteiger partial charge in [0.05, 0.1) is 0 Å². The summed E-state index contributed by atoms with van der Waals surface area (Å²) in [6.45, 7) is 0. The number of nitrogens with two attached hydrogens (primary N) is 1. The van der Waals surface area contributed by atoms with Gasteiger partial charge in [0.1, 0.15) is 4.32 Å². The Morgan fingerprint density at radius 1 is 0.842 bits per heavy atom. The Morgan fingerprint density at radius 3 is 1.53 bits per heavy atom. The van der Waals surface area contributed by atoms with Crippen LogP contribution in [0, 0.1) is 0 Å². The van der Waals surface area contributed by atoms with E-state index in [9.17, 15) is 0 Å². The molecule has 0 radical (unpaired) electrons. The zero-order chi connectivity index (χ0) is 12.8. The molecule has 0 amide bonds. The fraction of sp³-hybridized carbons (Fsp3) is 0.133. The first-order chi connectivity index (χ1) is 8.75. The standard InChI is InChI=1S/C15H17NS2.Fe/c16-15(17)18(11-13-7-3-1-4-8-13)12-14-9-5-2-6-10-14;/h1-10,18H,11-12H2,(H2,16,17);. The first-order valence-corrected chi connectivity index (χ1v) is 8.00. The third-order valence-electron chi connectivity index (χ3n) is 2.74. The molecular formula is C15H17FeNS2. The number of thiol groups is 1. The van der Waals surface area contributed by atoms with Crippen molar-refractivity contribution in [3.63, 3.8) is 0 Å². The van der Waals surface area contributed by atoms with Gasteiger partial charge in [-0.3, -0.25) is 0 Å². The van der Waals surface area contributed by atoms with E-state index in [4.69, 9.17) is 18.0 Å². The molecule has 0 aromatic heterocycles. The summed E-state index contributed by atoms with van der Waals surface area (Å²) in [6, 6.07) is 20.9. The molecule has 2 rings (SSSR count). The third-order valence-corrected chi connectivity index (χ3v) is 5.64. The topological polar surface area (TPSA) is 26.0 Å². The van der Waals surface area contributed by atoms with Crippen LogP contribution in [0.15, 0.2) is 60.7 Å². The average molecular weight is 331 g/mol. The van der Waals surface area contributed by atoms with E-state index in [-0.39, 0.29) is 17.1 Å². The van der Waals surface area contributed by atoms with E-state index in [0.717, 1.165) is 11.5 Å². The van der Waals surface area contributed by atoms with Gasteiger partial charge in [0.25, 0.3) is 0 Å². The van der Waals surface area contributed by atoms with Crippen LogP contribution in [-0.4, -0.2) is 4.32 Å². The van der Waals surface area contributed by atoms with Crippen molar-refractivity contribution in [2.75, 3.05) is 0 Å². The number of benzene rings is 2. The van der Waals surface area contributed by atoms with Crippen LogP contribution in [0.3, 0.4) is 0 Å². The molecule has 0 bridgehead atoms. The molecule has 0 saturated heterocycles. The molecule has 2 aromatic rings. The summed E-state index contributed by atoms with van der Waals surface area (Å²) in [5, 5.41) is 0. The molecule has 102 valence electrons. The number of thiocarbonyl (C=S) groups is 1. The zero-order valence-electron chi connectivity index (χ0n) is 10.5. The van der Waals surface area contributed by atoms with Crippen molar-refractivity contribution in [2.24, 2.45) is 5.73 Å². The van der Waals surface area contributed by atoms with E-state index in [0.29, 0.717) is 4.32 Å². The Labute approximate surface area is 133 Å². The fourth-order valence-corrected chi connectivity index (χ4v) is 3.93. The molecule has 4 heteroatoms. The summed E-state index contributed by atoms with van der Waals surface area (Å²) >= 11 is 5.22. The summed E-state index contributed by atoms with van der Waals surface area (Å²) in [5.74, 6) is 1.95. The van der Waals surface area contributed by atoms with Crippen LogP contribution >= 0.6 is 23.1 Å². The molecule has 0 saturated carbocycles. The Hall–Kier alpha value is -0.801. The summed E-state index contributed by atoms with van der Waals surface area (Å²) in [4.78, 5) is 0. The third kappa shape index (κ3) is 5.37. The normalized spacial score (nSPS) is 10.4. The van der Waals surface area contributed by atoms with Gasteiger partial charge in [-0.15, -0.1) is 0 Å². The van der Waals surface area contributed by atoms with Crippen molar-refractivity contribution in [1.82, 2.24) is 0 Å². The summed E-state index contributed by atoms with van der Waals surface area (Å²) in [5.41, 5.74) is 8.52. The summed E-state index contributed by atoms with van der Waals surface area (Å²) < 4.78 is 0.665. The van der Waals surface area contributed by atoms with Crippen LogP contribution in [-0.2, 0) is 28.6 Å². The van der Waals surface area contributed by atoms with Crippen molar-refractivity contribution in [2.45, 2.75) is 11.5 Å². The smallest absolute Gasteiger partial charge is 0.111 e. The minimum atomic E-state index is -0.463. The van der Waals surface area contributed by atoms with E-state index in [2.05, 4.69) is 48.5 Å². The van der Waals surface area contributed by atoms with E-state index < -0.39 is 10.9 Å².